The Hall–Kier alpha value is -1.58. The normalized spacial score (nSPS) is 19.4. The molecule has 0 aliphatic carbocycles. The van der Waals surface area contributed by atoms with E-state index in [1.807, 2.05) is 11.8 Å². The van der Waals surface area contributed by atoms with Gasteiger partial charge in [-0.15, -0.1) is 13.2 Å². The standard InChI is InChI=1S/C16H25NO3/c1-4-6-10-15(18)20-12-14-9-7-11-17(14)16(19)13(3)8-5-2/h4-5,13-14H,1-2,6-12H2,3H3/t13-,14-/m0/s1. The first-order chi connectivity index (χ1) is 9.60. The maximum atomic E-state index is 12.3. The molecule has 0 unspecified atom stereocenters. The summed E-state index contributed by atoms with van der Waals surface area (Å²) in [5, 5.41) is 0. The van der Waals surface area contributed by atoms with Gasteiger partial charge in [0.15, 0.2) is 0 Å². The van der Waals surface area contributed by atoms with Crippen LogP contribution in [0.25, 0.3) is 0 Å². The van der Waals surface area contributed by atoms with Crippen LogP contribution in [0, 0.1) is 5.92 Å². The fraction of sp³-hybridized carbons (Fsp3) is 0.625. The van der Waals surface area contributed by atoms with E-state index in [0.29, 0.717) is 25.9 Å². The van der Waals surface area contributed by atoms with E-state index >= 15 is 0 Å². The van der Waals surface area contributed by atoms with Gasteiger partial charge in [-0.3, -0.25) is 9.59 Å². The molecular formula is C16H25NO3. The fourth-order valence-corrected chi connectivity index (χ4v) is 2.41. The third-order valence-corrected chi connectivity index (χ3v) is 3.59. The Balaban J connectivity index is 2.44. The number of likely N-dealkylation sites (tertiary alicyclic amines) is 1. The lowest BCUT2D eigenvalue weighted by molar-refractivity contribution is -0.148. The first kappa shape index (κ1) is 16.5. The molecule has 4 heteroatoms. The van der Waals surface area contributed by atoms with Crippen molar-refractivity contribution in [3.05, 3.63) is 25.3 Å². The first-order valence-electron chi connectivity index (χ1n) is 7.28. The molecule has 0 N–H and O–H groups in total. The van der Waals surface area contributed by atoms with E-state index in [0.717, 1.165) is 19.4 Å². The number of ether oxygens (including phenoxy) is 1. The highest BCUT2D eigenvalue weighted by Crippen LogP contribution is 2.21. The van der Waals surface area contributed by atoms with Crippen molar-refractivity contribution in [2.75, 3.05) is 13.2 Å². The monoisotopic (exact) mass is 279 g/mol. The van der Waals surface area contributed by atoms with E-state index in [1.54, 1.807) is 12.2 Å². The summed E-state index contributed by atoms with van der Waals surface area (Å²) in [5.41, 5.74) is 0. The van der Waals surface area contributed by atoms with Crippen LogP contribution in [-0.2, 0) is 14.3 Å². The molecule has 2 atom stereocenters. The summed E-state index contributed by atoms with van der Waals surface area (Å²) < 4.78 is 5.25. The van der Waals surface area contributed by atoms with Crippen LogP contribution in [-0.4, -0.2) is 36.0 Å². The summed E-state index contributed by atoms with van der Waals surface area (Å²) >= 11 is 0. The zero-order valence-electron chi connectivity index (χ0n) is 12.3. The lowest BCUT2D eigenvalue weighted by atomic mass is 10.1. The Kier molecular flexibility index (Phi) is 7.05. The first-order valence-corrected chi connectivity index (χ1v) is 7.28. The molecule has 1 amide bonds. The maximum Gasteiger partial charge on any atom is 0.306 e. The lowest BCUT2D eigenvalue weighted by Crippen LogP contribution is -2.41. The van der Waals surface area contributed by atoms with E-state index in [-0.39, 0.29) is 23.8 Å². The second-order valence-corrected chi connectivity index (χ2v) is 5.26. The largest absolute Gasteiger partial charge is 0.463 e. The van der Waals surface area contributed by atoms with E-state index < -0.39 is 0 Å². The molecule has 112 valence electrons. The van der Waals surface area contributed by atoms with Crippen molar-refractivity contribution in [3.8, 4) is 0 Å². The van der Waals surface area contributed by atoms with Crippen LogP contribution in [0.4, 0.5) is 0 Å². The number of carbonyl (C=O) groups is 2. The van der Waals surface area contributed by atoms with Crippen LogP contribution < -0.4 is 0 Å². The Morgan fingerprint density at radius 2 is 2.15 bits per heavy atom. The van der Waals surface area contributed by atoms with Crippen molar-refractivity contribution in [2.24, 2.45) is 5.92 Å². The molecule has 0 saturated carbocycles. The van der Waals surface area contributed by atoms with Gasteiger partial charge in [-0.25, -0.2) is 0 Å². The third-order valence-electron chi connectivity index (χ3n) is 3.59. The molecule has 0 bridgehead atoms. The van der Waals surface area contributed by atoms with Gasteiger partial charge in [-0.05, 0) is 25.7 Å². The van der Waals surface area contributed by atoms with Crippen LogP contribution in [0.1, 0.15) is 39.0 Å². The highest BCUT2D eigenvalue weighted by Gasteiger charge is 2.31. The minimum absolute atomic E-state index is 0.0300. The molecular weight excluding hydrogens is 254 g/mol. The van der Waals surface area contributed by atoms with Crippen LogP contribution in [0.3, 0.4) is 0 Å². The lowest BCUT2D eigenvalue weighted by Gasteiger charge is -2.27. The predicted octanol–water partition coefficient (Wildman–Crippen LogP) is 2.70. The SMILES string of the molecule is C=CCCC(=O)OC[C@@H]1CCCN1C(=O)[C@@H](C)CC=C. The molecule has 1 heterocycles. The number of carbonyl (C=O) groups excluding carboxylic acids is 2. The zero-order chi connectivity index (χ0) is 15.0. The molecule has 20 heavy (non-hydrogen) atoms. The number of allylic oxidation sites excluding steroid dienone is 2. The van der Waals surface area contributed by atoms with Gasteiger partial charge in [0.2, 0.25) is 5.91 Å². The van der Waals surface area contributed by atoms with Gasteiger partial charge in [0.1, 0.15) is 6.61 Å². The van der Waals surface area contributed by atoms with Crippen LogP contribution >= 0.6 is 0 Å². The molecule has 4 nitrogen and oxygen atoms in total. The van der Waals surface area contributed by atoms with E-state index in [1.165, 1.54) is 0 Å². The van der Waals surface area contributed by atoms with Crippen molar-refractivity contribution < 1.29 is 14.3 Å². The van der Waals surface area contributed by atoms with E-state index in [2.05, 4.69) is 13.2 Å². The second-order valence-electron chi connectivity index (χ2n) is 5.26. The van der Waals surface area contributed by atoms with Crippen LogP contribution in [0.2, 0.25) is 0 Å². The minimum Gasteiger partial charge on any atom is -0.463 e. The summed E-state index contributed by atoms with van der Waals surface area (Å²) in [7, 11) is 0. The van der Waals surface area contributed by atoms with Crippen molar-refractivity contribution in [1.29, 1.82) is 0 Å². The summed E-state index contributed by atoms with van der Waals surface area (Å²) in [4.78, 5) is 25.6. The van der Waals surface area contributed by atoms with Crippen molar-refractivity contribution in [2.45, 2.75) is 45.1 Å². The van der Waals surface area contributed by atoms with E-state index in [4.69, 9.17) is 4.74 Å². The Bertz CT molecular complexity index is 365. The summed E-state index contributed by atoms with van der Waals surface area (Å²) in [6.45, 7) is 10.2. The molecule has 1 fully saturated rings. The maximum absolute atomic E-state index is 12.3. The molecule has 1 rings (SSSR count). The molecule has 0 spiro atoms. The van der Waals surface area contributed by atoms with Gasteiger partial charge in [0, 0.05) is 18.9 Å². The van der Waals surface area contributed by atoms with Gasteiger partial charge in [-0.2, -0.15) is 0 Å². The Morgan fingerprint density at radius 3 is 2.80 bits per heavy atom. The van der Waals surface area contributed by atoms with Crippen LogP contribution in [0.5, 0.6) is 0 Å². The van der Waals surface area contributed by atoms with E-state index in [9.17, 15) is 9.59 Å². The van der Waals surface area contributed by atoms with Crippen molar-refractivity contribution in [3.63, 3.8) is 0 Å². The highest BCUT2D eigenvalue weighted by atomic mass is 16.5. The Morgan fingerprint density at radius 1 is 1.40 bits per heavy atom. The molecule has 1 aliphatic rings. The fourth-order valence-electron chi connectivity index (χ4n) is 2.41. The number of hydrogen-bond donors (Lipinski definition) is 0. The molecule has 1 aliphatic heterocycles. The minimum atomic E-state index is -0.219. The topological polar surface area (TPSA) is 46.6 Å². The number of amides is 1. The highest BCUT2D eigenvalue weighted by molar-refractivity contribution is 5.79. The average molecular weight is 279 g/mol. The van der Waals surface area contributed by atoms with Gasteiger partial charge in [-0.1, -0.05) is 19.1 Å². The van der Waals surface area contributed by atoms with Crippen molar-refractivity contribution in [1.82, 2.24) is 4.90 Å². The third kappa shape index (κ3) is 4.83. The van der Waals surface area contributed by atoms with Crippen LogP contribution in [0.15, 0.2) is 25.3 Å². The molecule has 0 aromatic carbocycles. The summed E-state index contributed by atoms with van der Waals surface area (Å²) in [6, 6.07) is 0.0300. The summed E-state index contributed by atoms with van der Waals surface area (Å²) in [5.74, 6) is -0.137. The smallest absolute Gasteiger partial charge is 0.306 e. The predicted molar refractivity (Wildman–Crippen MR) is 79.1 cm³/mol. The van der Waals surface area contributed by atoms with Gasteiger partial charge in [0.25, 0.3) is 0 Å². The quantitative estimate of drug-likeness (QED) is 0.507. The number of nitrogens with zero attached hydrogens (tertiary/aromatic N) is 1. The second kappa shape index (κ2) is 8.56. The number of rotatable bonds is 8. The number of esters is 1. The zero-order valence-corrected chi connectivity index (χ0v) is 12.3. The molecule has 1 saturated heterocycles. The van der Waals surface area contributed by atoms with Gasteiger partial charge < -0.3 is 9.64 Å². The van der Waals surface area contributed by atoms with Crippen molar-refractivity contribution >= 4 is 11.9 Å². The van der Waals surface area contributed by atoms with Gasteiger partial charge in [0.05, 0.1) is 6.04 Å². The number of hydrogen-bond acceptors (Lipinski definition) is 3. The average Bonchev–Trinajstić information content (AvgIpc) is 2.90. The molecule has 0 radical (unpaired) electrons. The molecule has 0 aromatic rings. The Labute approximate surface area is 121 Å². The molecule has 0 aromatic heterocycles. The summed E-state index contributed by atoms with van der Waals surface area (Å²) in [6.07, 6.45) is 7.01. The van der Waals surface area contributed by atoms with Gasteiger partial charge >= 0.3 is 5.97 Å².